The van der Waals surface area contributed by atoms with Crippen molar-refractivity contribution in [2.45, 2.75) is 24.6 Å². The first-order valence-corrected chi connectivity index (χ1v) is 6.36. The average molecular weight is 245 g/mol. The lowest BCUT2D eigenvalue weighted by molar-refractivity contribution is 0.726. The normalized spacial score (nSPS) is 18.1. The number of hydrogen-bond acceptors (Lipinski definition) is 2. The maximum Gasteiger partial charge on any atom is 0.135 e. The maximum atomic E-state index is 5.74. The van der Waals surface area contributed by atoms with Gasteiger partial charge < -0.3 is 0 Å². The molecule has 0 aliphatic heterocycles. The van der Waals surface area contributed by atoms with Crippen LogP contribution in [0.25, 0.3) is 0 Å². The lowest BCUT2D eigenvalue weighted by Gasteiger charge is -2.09. The van der Waals surface area contributed by atoms with Crippen molar-refractivity contribution in [3.05, 3.63) is 59.2 Å². The Hall–Kier alpha value is -1.41. The van der Waals surface area contributed by atoms with Gasteiger partial charge in [0.25, 0.3) is 0 Å². The number of hydrogen-bond donors (Lipinski definition) is 0. The minimum Gasteiger partial charge on any atom is -0.240 e. The number of fused-ring (bicyclic) bond motifs is 1. The van der Waals surface area contributed by atoms with Crippen LogP contribution in [0.3, 0.4) is 0 Å². The molecule has 1 unspecified atom stereocenters. The SMILES string of the molecule is ClCc1cnc(C2CCc3ccccc32)nc1. The van der Waals surface area contributed by atoms with Gasteiger partial charge in [-0.05, 0) is 24.0 Å². The average Bonchev–Trinajstić information content (AvgIpc) is 2.83. The maximum absolute atomic E-state index is 5.74. The van der Waals surface area contributed by atoms with Crippen molar-refractivity contribution in [1.29, 1.82) is 0 Å². The third kappa shape index (κ3) is 1.93. The molecular weight excluding hydrogens is 232 g/mol. The summed E-state index contributed by atoms with van der Waals surface area (Å²) in [5.41, 5.74) is 3.79. The summed E-state index contributed by atoms with van der Waals surface area (Å²) in [7, 11) is 0. The molecule has 1 aromatic heterocycles. The lowest BCUT2D eigenvalue weighted by atomic mass is 10.0. The van der Waals surface area contributed by atoms with Gasteiger partial charge in [-0.2, -0.15) is 0 Å². The molecule has 3 rings (SSSR count). The Morgan fingerprint density at radius 3 is 2.71 bits per heavy atom. The van der Waals surface area contributed by atoms with E-state index in [9.17, 15) is 0 Å². The fourth-order valence-corrected chi connectivity index (χ4v) is 2.58. The van der Waals surface area contributed by atoms with Gasteiger partial charge in [-0.15, -0.1) is 11.6 Å². The summed E-state index contributed by atoms with van der Waals surface area (Å²) in [5, 5.41) is 0. The van der Waals surface area contributed by atoms with E-state index in [1.165, 1.54) is 11.1 Å². The number of nitrogens with zero attached hydrogens (tertiary/aromatic N) is 2. The van der Waals surface area contributed by atoms with E-state index in [1.807, 2.05) is 12.4 Å². The highest BCUT2D eigenvalue weighted by Gasteiger charge is 2.25. The van der Waals surface area contributed by atoms with Crippen molar-refractivity contribution < 1.29 is 0 Å². The fraction of sp³-hybridized carbons (Fsp3) is 0.286. The highest BCUT2D eigenvalue weighted by atomic mass is 35.5. The Bertz CT molecular complexity index is 522. The second kappa shape index (κ2) is 4.46. The zero-order valence-electron chi connectivity index (χ0n) is 9.44. The summed E-state index contributed by atoms with van der Waals surface area (Å²) in [4.78, 5) is 8.87. The zero-order valence-corrected chi connectivity index (χ0v) is 10.2. The Morgan fingerprint density at radius 1 is 1.18 bits per heavy atom. The summed E-state index contributed by atoms with van der Waals surface area (Å²) < 4.78 is 0. The molecule has 0 saturated heterocycles. The Morgan fingerprint density at radius 2 is 1.94 bits per heavy atom. The van der Waals surface area contributed by atoms with E-state index < -0.39 is 0 Å². The number of halogens is 1. The van der Waals surface area contributed by atoms with Gasteiger partial charge in [0.2, 0.25) is 0 Å². The molecule has 1 aliphatic rings. The van der Waals surface area contributed by atoms with Crippen LogP contribution in [0.5, 0.6) is 0 Å². The molecule has 0 amide bonds. The first-order valence-electron chi connectivity index (χ1n) is 5.83. The molecule has 3 heteroatoms. The van der Waals surface area contributed by atoms with Gasteiger partial charge in [-0.3, -0.25) is 0 Å². The minimum atomic E-state index is 0.357. The highest BCUT2D eigenvalue weighted by Crippen LogP contribution is 2.36. The van der Waals surface area contributed by atoms with Gasteiger partial charge >= 0.3 is 0 Å². The molecule has 0 fully saturated rings. The molecule has 1 heterocycles. The van der Waals surface area contributed by atoms with Gasteiger partial charge in [0.05, 0.1) is 5.88 Å². The van der Waals surface area contributed by atoms with E-state index in [0.717, 1.165) is 24.2 Å². The minimum absolute atomic E-state index is 0.357. The van der Waals surface area contributed by atoms with E-state index in [-0.39, 0.29) is 0 Å². The van der Waals surface area contributed by atoms with Crippen molar-refractivity contribution in [2.75, 3.05) is 0 Å². The van der Waals surface area contributed by atoms with Crippen LogP contribution >= 0.6 is 11.6 Å². The molecule has 1 aromatic carbocycles. The van der Waals surface area contributed by atoms with Crippen LogP contribution in [-0.2, 0) is 12.3 Å². The van der Waals surface area contributed by atoms with Gasteiger partial charge in [0.1, 0.15) is 5.82 Å². The first-order chi connectivity index (χ1) is 8.38. The summed E-state index contributed by atoms with van der Waals surface area (Å²) in [6, 6.07) is 8.57. The molecular formula is C14H13ClN2. The van der Waals surface area contributed by atoms with Gasteiger partial charge in [-0.1, -0.05) is 24.3 Å². The van der Waals surface area contributed by atoms with Crippen molar-refractivity contribution in [3.8, 4) is 0 Å². The first kappa shape index (κ1) is 10.7. The number of aryl methyl sites for hydroxylation is 1. The molecule has 0 spiro atoms. The van der Waals surface area contributed by atoms with E-state index in [2.05, 4.69) is 34.2 Å². The molecule has 0 radical (unpaired) electrons. The van der Waals surface area contributed by atoms with Gasteiger partial charge in [0.15, 0.2) is 0 Å². The van der Waals surface area contributed by atoms with Crippen molar-refractivity contribution in [3.63, 3.8) is 0 Å². The topological polar surface area (TPSA) is 25.8 Å². The number of benzene rings is 1. The molecule has 0 N–H and O–H groups in total. The number of rotatable bonds is 2. The third-order valence-electron chi connectivity index (χ3n) is 3.32. The smallest absolute Gasteiger partial charge is 0.135 e. The molecule has 2 aromatic rings. The molecule has 17 heavy (non-hydrogen) atoms. The van der Waals surface area contributed by atoms with E-state index in [1.54, 1.807) is 0 Å². The van der Waals surface area contributed by atoms with Crippen molar-refractivity contribution in [2.24, 2.45) is 0 Å². The standard InChI is InChI=1S/C14H13ClN2/c15-7-10-8-16-14(17-9-10)13-6-5-11-3-1-2-4-12(11)13/h1-4,8-9,13H,5-7H2. The van der Waals surface area contributed by atoms with Crippen LogP contribution in [-0.4, -0.2) is 9.97 Å². The highest BCUT2D eigenvalue weighted by molar-refractivity contribution is 6.17. The van der Waals surface area contributed by atoms with Gasteiger partial charge in [0, 0.05) is 23.9 Å². The van der Waals surface area contributed by atoms with E-state index in [0.29, 0.717) is 11.8 Å². The van der Waals surface area contributed by atoms with E-state index in [4.69, 9.17) is 11.6 Å². The van der Waals surface area contributed by atoms with Crippen LogP contribution in [0.15, 0.2) is 36.7 Å². The third-order valence-corrected chi connectivity index (χ3v) is 3.63. The quantitative estimate of drug-likeness (QED) is 0.758. The molecule has 86 valence electrons. The van der Waals surface area contributed by atoms with Gasteiger partial charge in [-0.25, -0.2) is 9.97 Å². The molecule has 2 nitrogen and oxygen atoms in total. The Balaban J connectivity index is 1.95. The largest absolute Gasteiger partial charge is 0.240 e. The van der Waals surface area contributed by atoms with E-state index >= 15 is 0 Å². The van der Waals surface area contributed by atoms with Crippen molar-refractivity contribution >= 4 is 11.6 Å². The Kier molecular flexibility index (Phi) is 2.81. The molecule has 0 bridgehead atoms. The summed E-state index contributed by atoms with van der Waals surface area (Å²) in [5.74, 6) is 1.75. The summed E-state index contributed by atoms with van der Waals surface area (Å²) in [6.45, 7) is 0. The zero-order chi connectivity index (χ0) is 11.7. The molecule has 1 atom stereocenters. The van der Waals surface area contributed by atoms with Crippen molar-refractivity contribution in [1.82, 2.24) is 9.97 Å². The van der Waals surface area contributed by atoms with Crippen LogP contribution in [0.2, 0.25) is 0 Å². The van der Waals surface area contributed by atoms with Crippen LogP contribution in [0, 0.1) is 0 Å². The number of alkyl halides is 1. The molecule has 1 aliphatic carbocycles. The molecule has 0 saturated carbocycles. The predicted octanol–water partition coefficient (Wildman–Crippen LogP) is 3.29. The Labute approximate surface area is 106 Å². The fourth-order valence-electron chi connectivity index (χ4n) is 2.44. The second-order valence-electron chi connectivity index (χ2n) is 4.37. The summed E-state index contributed by atoms with van der Waals surface area (Å²) in [6.07, 6.45) is 5.90. The van der Waals surface area contributed by atoms with Crippen LogP contribution in [0.4, 0.5) is 0 Å². The lowest BCUT2D eigenvalue weighted by Crippen LogP contribution is -2.03. The summed E-state index contributed by atoms with van der Waals surface area (Å²) >= 11 is 5.74. The van der Waals surface area contributed by atoms with Crippen LogP contribution < -0.4 is 0 Å². The second-order valence-corrected chi connectivity index (χ2v) is 4.64. The van der Waals surface area contributed by atoms with Crippen LogP contribution in [0.1, 0.15) is 34.9 Å². The number of aromatic nitrogens is 2. The predicted molar refractivity (Wildman–Crippen MR) is 68.2 cm³/mol. The monoisotopic (exact) mass is 244 g/mol.